The molecule has 1 heterocycles. The van der Waals surface area contributed by atoms with Gasteiger partial charge in [-0.1, -0.05) is 55.5 Å². The summed E-state index contributed by atoms with van der Waals surface area (Å²) >= 11 is 0. The van der Waals surface area contributed by atoms with Crippen LogP contribution in [0, 0.1) is 5.92 Å². The molecule has 1 aliphatic heterocycles. The standard InChI is InChI=1S/C35H38N4O6/c1-22-18-39(23(2)21-40)33(41)29-17-27(36-35(44)37-30-10-6-8-25-7-4-5-9-28(25)30)15-16-31(29)45-32(22)20-38(3)19-24-11-13-26(14-12-24)34(42)43/h4-17,22-23,32,40H,18-21H2,1-3H3,(H,42,43)(H2,36,37,44)/t22-,23+,32-/m0/s1. The van der Waals surface area contributed by atoms with Crippen LogP contribution in [0.1, 0.15) is 40.1 Å². The lowest BCUT2D eigenvalue weighted by Gasteiger charge is -2.38. The molecule has 234 valence electrons. The molecular weight excluding hydrogens is 572 g/mol. The van der Waals surface area contributed by atoms with Crippen LogP contribution in [0.25, 0.3) is 10.8 Å². The minimum Gasteiger partial charge on any atom is -0.488 e. The second kappa shape index (κ2) is 13.8. The molecule has 0 saturated carbocycles. The summed E-state index contributed by atoms with van der Waals surface area (Å²) in [7, 11) is 1.96. The van der Waals surface area contributed by atoms with Crippen molar-refractivity contribution < 1.29 is 29.3 Å². The number of carboxylic acids is 1. The number of carboxylic acid groups (broad SMARTS) is 1. The van der Waals surface area contributed by atoms with Gasteiger partial charge in [-0.2, -0.15) is 0 Å². The SMILES string of the molecule is C[C@H](CO)N1C[C@H](C)[C@H](CN(C)Cc2ccc(C(=O)O)cc2)Oc2ccc(NC(=O)Nc3cccc4ccccc34)cc2C1=O. The number of aliphatic hydroxyl groups is 1. The molecule has 3 amide bonds. The van der Waals surface area contributed by atoms with E-state index in [-0.39, 0.29) is 30.1 Å². The Balaban J connectivity index is 1.35. The summed E-state index contributed by atoms with van der Waals surface area (Å²) in [6.45, 7) is 5.09. The van der Waals surface area contributed by atoms with Crippen molar-refractivity contribution in [2.75, 3.05) is 37.4 Å². The van der Waals surface area contributed by atoms with E-state index < -0.39 is 18.0 Å². The first-order valence-corrected chi connectivity index (χ1v) is 14.9. The smallest absolute Gasteiger partial charge is 0.335 e. The van der Waals surface area contributed by atoms with Crippen molar-refractivity contribution >= 4 is 40.1 Å². The van der Waals surface area contributed by atoms with Crippen LogP contribution in [0.5, 0.6) is 5.75 Å². The number of hydrogen-bond donors (Lipinski definition) is 4. The van der Waals surface area contributed by atoms with Gasteiger partial charge in [-0.15, -0.1) is 0 Å². The van der Waals surface area contributed by atoms with Gasteiger partial charge in [0, 0.05) is 36.6 Å². The molecule has 0 bridgehead atoms. The first kappa shape index (κ1) is 31.5. The van der Waals surface area contributed by atoms with Gasteiger partial charge in [-0.25, -0.2) is 9.59 Å². The van der Waals surface area contributed by atoms with Gasteiger partial charge >= 0.3 is 12.0 Å². The molecule has 5 rings (SSSR count). The van der Waals surface area contributed by atoms with Crippen molar-refractivity contribution in [3.05, 3.63) is 102 Å². The predicted octanol–water partition coefficient (Wildman–Crippen LogP) is 5.53. The molecule has 0 aliphatic carbocycles. The largest absolute Gasteiger partial charge is 0.488 e. The Bertz CT molecular complexity index is 1690. The van der Waals surface area contributed by atoms with E-state index in [4.69, 9.17) is 4.74 Å². The molecule has 0 fully saturated rings. The lowest BCUT2D eigenvalue weighted by molar-refractivity contribution is 0.0341. The van der Waals surface area contributed by atoms with Crippen molar-refractivity contribution in [3.8, 4) is 5.75 Å². The second-order valence-electron chi connectivity index (χ2n) is 11.6. The number of urea groups is 1. The Morgan fingerprint density at radius 3 is 2.49 bits per heavy atom. The highest BCUT2D eigenvalue weighted by atomic mass is 16.5. The Morgan fingerprint density at radius 2 is 1.76 bits per heavy atom. The van der Waals surface area contributed by atoms with Crippen LogP contribution < -0.4 is 15.4 Å². The van der Waals surface area contributed by atoms with Crippen LogP contribution in [0.15, 0.2) is 84.9 Å². The third-order valence-electron chi connectivity index (χ3n) is 8.11. The molecule has 10 nitrogen and oxygen atoms in total. The van der Waals surface area contributed by atoms with E-state index in [2.05, 4.69) is 15.5 Å². The van der Waals surface area contributed by atoms with E-state index in [0.29, 0.717) is 42.3 Å². The van der Waals surface area contributed by atoms with Crippen LogP contribution in [0.3, 0.4) is 0 Å². The molecule has 0 unspecified atom stereocenters. The molecule has 0 aromatic heterocycles. The summed E-state index contributed by atoms with van der Waals surface area (Å²) < 4.78 is 6.49. The van der Waals surface area contributed by atoms with Gasteiger partial charge in [-0.05, 0) is 61.3 Å². The van der Waals surface area contributed by atoms with Crippen molar-refractivity contribution in [2.45, 2.75) is 32.5 Å². The van der Waals surface area contributed by atoms with E-state index in [1.54, 1.807) is 54.3 Å². The molecule has 0 radical (unpaired) electrons. The number of ether oxygens (including phenoxy) is 1. The van der Waals surface area contributed by atoms with Gasteiger partial charge in [-0.3, -0.25) is 9.69 Å². The van der Waals surface area contributed by atoms with Gasteiger partial charge < -0.3 is 30.5 Å². The molecule has 3 atom stereocenters. The third kappa shape index (κ3) is 7.42. The summed E-state index contributed by atoms with van der Waals surface area (Å²) in [5.41, 5.74) is 2.58. The maximum Gasteiger partial charge on any atom is 0.335 e. The first-order valence-electron chi connectivity index (χ1n) is 14.9. The predicted molar refractivity (Wildman–Crippen MR) is 174 cm³/mol. The Kier molecular flexibility index (Phi) is 9.65. The second-order valence-corrected chi connectivity index (χ2v) is 11.6. The average molecular weight is 611 g/mol. The van der Waals surface area contributed by atoms with E-state index >= 15 is 0 Å². The number of fused-ring (bicyclic) bond motifs is 2. The van der Waals surface area contributed by atoms with Crippen LogP contribution in [0.2, 0.25) is 0 Å². The van der Waals surface area contributed by atoms with Gasteiger partial charge in [0.2, 0.25) is 0 Å². The minimum atomic E-state index is -0.967. The summed E-state index contributed by atoms with van der Waals surface area (Å²) in [6.07, 6.45) is -0.304. The van der Waals surface area contributed by atoms with E-state index in [1.165, 1.54) is 0 Å². The number of carbonyl (C=O) groups excluding carboxylic acids is 2. The number of nitrogens with one attached hydrogen (secondary N) is 2. The van der Waals surface area contributed by atoms with E-state index in [1.807, 2.05) is 56.4 Å². The highest BCUT2D eigenvalue weighted by molar-refractivity contribution is 6.07. The summed E-state index contributed by atoms with van der Waals surface area (Å²) in [5.74, 6) is -0.935. The maximum atomic E-state index is 13.8. The molecule has 0 saturated heterocycles. The molecule has 1 aliphatic rings. The number of carbonyl (C=O) groups is 3. The number of likely N-dealkylation sites (N-methyl/N-ethyl adjacent to an activating group) is 1. The molecule has 4 aromatic rings. The number of amides is 3. The zero-order valence-electron chi connectivity index (χ0n) is 25.6. The summed E-state index contributed by atoms with van der Waals surface area (Å²) in [6, 6.07) is 24.3. The zero-order chi connectivity index (χ0) is 32.1. The molecule has 10 heteroatoms. The maximum absolute atomic E-state index is 13.8. The minimum absolute atomic E-state index is 0.0720. The van der Waals surface area contributed by atoms with Crippen LogP contribution >= 0.6 is 0 Å². The Labute approximate surface area is 262 Å². The molecular formula is C35H38N4O6. The quantitative estimate of drug-likeness (QED) is 0.196. The van der Waals surface area contributed by atoms with Gasteiger partial charge in [0.1, 0.15) is 11.9 Å². The number of nitrogens with zero attached hydrogens (tertiary/aromatic N) is 2. The van der Waals surface area contributed by atoms with Crippen LogP contribution in [-0.4, -0.2) is 76.8 Å². The molecule has 0 spiro atoms. The van der Waals surface area contributed by atoms with Gasteiger partial charge in [0.25, 0.3) is 5.91 Å². The molecule has 4 aromatic carbocycles. The van der Waals surface area contributed by atoms with Crippen LogP contribution in [0.4, 0.5) is 16.2 Å². The fourth-order valence-electron chi connectivity index (χ4n) is 5.57. The lowest BCUT2D eigenvalue weighted by Crippen LogP contribution is -2.49. The number of benzene rings is 4. The number of aliphatic hydroxyl groups excluding tert-OH is 1. The summed E-state index contributed by atoms with van der Waals surface area (Å²) in [5, 5.41) is 26.8. The Morgan fingerprint density at radius 1 is 1.02 bits per heavy atom. The monoisotopic (exact) mass is 610 g/mol. The molecule has 4 N–H and O–H groups in total. The van der Waals surface area contributed by atoms with Gasteiger partial charge in [0.15, 0.2) is 0 Å². The van der Waals surface area contributed by atoms with E-state index in [9.17, 15) is 24.6 Å². The van der Waals surface area contributed by atoms with Crippen molar-refractivity contribution in [2.24, 2.45) is 5.92 Å². The zero-order valence-corrected chi connectivity index (χ0v) is 25.6. The highest BCUT2D eigenvalue weighted by Crippen LogP contribution is 2.31. The fraction of sp³-hybridized carbons (Fsp3) is 0.286. The van der Waals surface area contributed by atoms with Crippen LogP contribution in [-0.2, 0) is 6.54 Å². The normalized spacial score (nSPS) is 17.2. The third-order valence-corrected chi connectivity index (χ3v) is 8.11. The number of hydrogen-bond acceptors (Lipinski definition) is 6. The molecule has 45 heavy (non-hydrogen) atoms. The number of aromatic carboxylic acids is 1. The summed E-state index contributed by atoms with van der Waals surface area (Å²) in [4.78, 5) is 41.8. The fourth-order valence-corrected chi connectivity index (χ4v) is 5.57. The number of rotatable bonds is 9. The van der Waals surface area contributed by atoms with Crippen molar-refractivity contribution in [3.63, 3.8) is 0 Å². The van der Waals surface area contributed by atoms with Gasteiger partial charge in [0.05, 0.1) is 29.5 Å². The average Bonchev–Trinajstić information content (AvgIpc) is 3.03. The highest BCUT2D eigenvalue weighted by Gasteiger charge is 2.33. The number of anilines is 2. The van der Waals surface area contributed by atoms with Crippen molar-refractivity contribution in [1.29, 1.82) is 0 Å². The topological polar surface area (TPSA) is 131 Å². The Hall–Kier alpha value is -4.93. The first-order chi connectivity index (χ1) is 21.6. The lowest BCUT2D eigenvalue weighted by atomic mass is 9.99. The van der Waals surface area contributed by atoms with E-state index in [0.717, 1.165) is 16.3 Å². The van der Waals surface area contributed by atoms with Crippen molar-refractivity contribution in [1.82, 2.24) is 9.80 Å².